The van der Waals surface area contributed by atoms with E-state index in [1.54, 1.807) is 39.5 Å². The average molecular weight is 457 g/mol. The van der Waals surface area contributed by atoms with Gasteiger partial charge >= 0.3 is 0 Å². The van der Waals surface area contributed by atoms with E-state index in [-0.39, 0.29) is 0 Å². The van der Waals surface area contributed by atoms with E-state index in [0.717, 1.165) is 27.2 Å². The van der Waals surface area contributed by atoms with Crippen molar-refractivity contribution < 1.29 is 8.42 Å². The third-order valence-corrected chi connectivity index (χ3v) is 9.50. The molecule has 0 radical (unpaired) electrons. The van der Waals surface area contributed by atoms with Crippen molar-refractivity contribution in [2.24, 2.45) is 0 Å². The van der Waals surface area contributed by atoms with Crippen LogP contribution >= 0.6 is 22.7 Å². The minimum Gasteiger partial charge on any atom is -0.353 e. The zero-order valence-electron chi connectivity index (χ0n) is 16.4. The molecule has 1 aliphatic heterocycles. The molecular weight excluding hydrogens is 436 g/mol. The number of nitrogens with zero attached hydrogens (tertiary/aromatic N) is 4. The highest BCUT2D eigenvalue weighted by Crippen LogP contribution is 2.38. The molecule has 1 aliphatic rings. The van der Waals surface area contributed by atoms with Crippen LogP contribution in [0, 0.1) is 6.92 Å². The van der Waals surface area contributed by atoms with Gasteiger partial charge in [0, 0.05) is 37.1 Å². The second kappa shape index (κ2) is 7.73. The minimum absolute atomic E-state index is 0.403. The van der Waals surface area contributed by atoms with Gasteiger partial charge in [-0.15, -0.1) is 22.7 Å². The number of fused-ring (bicyclic) bond motifs is 1. The second-order valence-corrected chi connectivity index (χ2v) is 11.2. The fourth-order valence-electron chi connectivity index (χ4n) is 3.72. The predicted octanol–water partition coefficient (Wildman–Crippen LogP) is 4.24. The molecule has 1 saturated heterocycles. The lowest BCUT2D eigenvalue weighted by atomic mass is 10.0. The number of hydrogen-bond acceptors (Lipinski definition) is 7. The highest BCUT2D eigenvalue weighted by molar-refractivity contribution is 7.91. The quantitative estimate of drug-likeness (QED) is 0.460. The van der Waals surface area contributed by atoms with E-state index < -0.39 is 10.0 Å². The molecule has 4 aromatic rings. The third-order valence-electron chi connectivity index (χ3n) is 5.34. The molecule has 0 N–H and O–H groups in total. The first-order valence-corrected chi connectivity index (χ1v) is 12.8. The molecule has 4 heterocycles. The zero-order chi connectivity index (χ0) is 20.7. The van der Waals surface area contributed by atoms with Crippen molar-refractivity contribution in [1.82, 2.24) is 14.3 Å². The highest BCUT2D eigenvalue weighted by Gasteiger charge is 2.30. The molecule has 154 valence electrons. The summed E-state index contributed by atoms with van der Waals surface area (Å²) in [6.07, 6.45) is 1.60. The predicted molar refractivity (Wildman–Crippen MR) is 123 cm³/mol. The summed E-state index contributed by atoms with van der Waals surface area (Å²) in [5.41, 5.74) is 3.49. The summed E-state index contributed by atoms with van der Waals surface area (Å²) in [7, 11) is -3.42. The zero-order valence-corrected chi connectivity index (χ0v) is 18.8. The molecule has 0 spiro atoms. The Hall–Kier alpha value is -2.33. The van der Waals surface area contributed by atoms with E-state index in [1.165, 1.54) is 16.9 Å². The van der Waals surface area contributed by atoms with Crippen molar-refractivity contribution in [3.05, 3.63) is 59.0 Å². The van der Waals surface area contributed by atoms with Crippen molar-refractivity contribution in [3.63, 3.8) is 0 Å². The summed E-state index contributed by atoms with van der Waals surface area (Å²) >= 11 is 2.87. The van der Waals surface area contributed by atoms with Gasteiger partial charge in [-0.2, -0.15) is 4.31 Å². The van der Waals surface area contributed by atoms with E-state index in [9.17, 15) is 8.42 Å². The Morgan fingerprint density at radius 1 is 0.967 bits per heavy atom. The van der Waals surface area contributed by atoms with Crippen LogP contribution in [0.25, 0.3) is 21.3 Å². The van der Waals surface area contributed by atoms with E-state index in [4.69, 9.17) is 0 Å². The van der Waals surface area contributed by atoms with Crippen LogP contribution in [0.2, 0.25) is 0 Å². The summed E-state index contributed by atoms with van der Waals surface area (Å²) in [4.78, 5) is 12.2. The first-order chi connectivity index (χ1) is 14.5. The van der Waals surface area contributed by atoms with Gasteiger partial charge < -0.3 is 4.90 Å². The fraction of sp³-hybridized carbons (Fsp3) is 0.238. The summed E-state index contributed by atoms with van der Waals surface area (Å²) < 4.78 is 27.6. The fourth-order valence-corrected chi connectivity index (χ4v) is 7.20. The standard InChI is InChI=1S/C21H20N4O2S3/c1-15-4-6-16(7-5-15)17-13-29-21-19(17)20(22-14-23-21)24-8-10-25(11-9-24)30(26,27)18-3-2-12-28-18/h2-7,12-14H,8-11H2,1H3. The van der Waals surface area contributed by atoms with Crippen molar-refractivity contribution >= 4 is 48.7 Å². The van der Waals surface area contributed by atoms with Crippen LogP contribution in [0.15, 0.2) is 57.7 Å². The molecular formula is C21H20N4O2S3. The molecule has 0 aliphatic carbocycles. The number of hydrogen-bond donors (Lipinski definition) is 0. The van der Waals surface area contributed by atoms with Crippen LogP contribution in [0.4, 0.5) is 5.82 Å². The van der Waals surface area contributed by atoms with E-state index in [2.05, 4.69) is 51.4 Å². The van der Waals surface area contributed by atoms with Crippen molar-refractivity contribution in [3.8, 4) is 11.1 Å². The Morgan fingerprint density at radius 3 is 2.43 bits per heavy atom. The number of benzene rings is 1. The van der Waals surface area contributed by atoms with Gasteiger partial charge in [-0.25, -0.2) is 18.4 Å². The smallest absolute Gasteiger partial charge is 0.252 e. The molecule has 0 bridgehead atoms. The number of rotatable bonds is 4. The van der Waals surface area contributed by atoms with Gasteiger partial charge in [-0.1, -0.05) is 35.9 Å². The molecule has 0 saturated carbocycles. The maximum atomic E-state index is 12.8. The van der Waals surface area contributed by atoms with Crippen molar-refractivity contribution in [2.75, 3.05) is 31.1 Å². The maximum Gasteiger partial charge on any atom is 0.252 e. The number of aryl methyl sites for hydroxylation is 1. The lowest BCUT2D eigenvalue weighted by Crippen LogP contribution is -2.48. The van der Waals surface area contributed by atoms with Crippen LogP contribution in [0.3, 0.4) is 0 Å². The van der Waals surface area contributed by atoms with Gasteiger partial charge in [0.25, 0.3) is 10.0 Å². The molecule has 6 nitrogen and oxygen atoms in total. The lowest BCUT2D eigenvalue weighted by molar-refractivity contribution is 0.385. The topological polar surface area (TPSA) is 66.4 Å². The van der Waals surface area contributed by atoms with E-state index in [0.29, 0.717) is 30.4 Å². The Balaban J connectivity index is 1.45. The number of anilines is 1. The van der Waals surface area contributed by atoms with E-state index >= 15 is 0 Å². The Labute approximate surface area is 183 Å². The minimum atomic E-state index is -3.42. The van der Waals surface area contributed by atoms with Gasteiger partial charge in [-0.05, 0) is 23.9 Å². The Kier molecular flexibility index (Phi) is 5.06. The largest absolute Gasteiger partial charge is 0.353 e. The lowest BCUT2D eigenvalue weighted by Gasteiger charge is -2.34. The van der Waals surface area contributed by atoms with Crippen LogP contribution in [-0.2, 0) is 10.0 Å². The molecule has 30 heavy (non-hydrogen) atoms. The molecule has 3 aromatic heterocycles. The molecule has 0 amide bonds. The maximum absolute atomic E-state index is 12.8. The number of sulfonamides is 1. The second-order valence-electron chi connectivity index (χ2n) is 7.22. The van der Waals surface area contributed by atoms with Gasteiger partial charge in [-0.3, -0.25) is 0 Å². The summed E-state index contributed by atoms with van der Waals surface area (Å²) in [6, 6.07) is 11.9. The summed E-state index contributed by atoms with van der Waals surface area (Å²) in [6.45, 7) is 4.15. The normalized spacial score (nSPS) is 15.7. The third kappa shape index (κ3) is 3.41. The first kappa shape index (κ1) is 19.6. The van der Waals surface area contributed by atoms with Crippen LogP contribution in [0.5, 0.6) is 0 Å². The van der Waals surface area contributed by atoms with Gasteiger partial charge in [0.15, 0.2) is 0 Å². The Morgan fingerprint density at radius 2 is 1.73 bits per heavy atom. The summed E-state index contributed by atoms with van der Waals surface area (Å²) in [5.74, 6) is 0.880. The van der Waals surface area contributed by atoms with Crippen LogP contribution in [-0.4, -0.2) is 48.9 Å². The van der Waals surface area contributed by atoms with E-state index in [1.807, 2.05) is 0 Å². The number of piperazine rings is 1. The molecule has 1 fully saturated rings. The van der Waals surface area contributed by atoms with Crippen molar-refractivity contribution in [1.29, 1.82) is 0 Å². The van der Waals surface area contributed by atoms with Gasteiger partial charge in [0.2, 0.25) is 0 Å². The van der Waals surface area contributed by atoms with Crippen molar-refractivity contribution in [2.45, 2.75) is 11.1 Å². The SMILES string of the molecule is Cc1ccc(-c2csc3ncnc(N4CCN(S(=O)(=O)c5cccs5)CC4)c23)cc1. The number of thiophene rings is 2. The molecule has 1 aromatic carbocycles. The first-order valence-electron chi connectivity index (χ1n) is 9.62. The Bertz CT molecular complexity index is 1270. The molecule has 0 atom stereocenters. The van der Waals surface area contributed by atoms with Gasteiger partial charge in [0.05, 0.1) is 5.39 Å². The summed E-state index contributed by atoms with van der Waals surface area (Å²) in [5, 5.41) is 4.97. The highest BCUT2D eigenvalue weighted by atomic mass is 32.2. The van der Waals surface area contributed by atoms with Gasteiger partial charge in [0.1, 0.15) is 21.2 Å². The van der Waals surface area contributed by atoms with Crippen LogP contribution in [0.1, 0.15) is 5.56 Å². The average Bonchev–Trinajstić information content (AvgIpc) is 3.45. The number of aromatic nitrogens is 2. The molecule has 5 rings (SSSR count). The molecule has 9 heteroatoms. The van der Waals surface area contributed by atoms with Crippen LogP contribution < -0.4 is 4.90 Å². The molecule has 0 unspecified atom stereocenters. The monoisotopic (exact) mass is 456 g/mol.